The first-order chi connectivity index (χ1) is 13.2. The normalized spacial score (nSPS) is 19.1. The van der Waals surface area contributed by atoms with Crippen molar-refractivity contribution in [3.63, 3.8) is 0 Å². The number of hydrogen-bond acceptors (Lipinski definition) is 6. The van der Waals surface area contributed by atoms with Crippen LogP contribution < -0.4 is 10.6 Å². The summed E-state index contributed by atoms with van der Waals surface area (Å²) in [4.78, 5) is 20.2. The molecule has 4 rings (SSSR count). The van der Waals surface area contributed by atoms with Crippen molar-refractivity contribution in [2.45, 2.75) is 76.3 Å². The molecule has 0 radical (unpaired) electrons. The molecule has 0 unspecified atom stereocenters. The van der Waals surface area contributed by atoms with Crippen molar-refractivity contribution in [1.29, 1.82) is 0 Å². The largest absolute Gasteiger partial charge is 0.364 e. The second-order valence-corrected chi connectivity index (χ2v) is 7.81. The molecule has 2 N–H and O–H groups in total. The van der Waals surface area contributed by atoms with Gasteiger partial charge < -0.3 is 10.6 Å². The first kappa shape index (κ1) is 17.9. The number of nitrogens with zero attached hydrogens (tertiary/aromatic N) is 3. The predicted molar refractivity (Wildman–Crippen MR) is 107 cm³/mol. The van der Waals surface area contributed by atoms with Gasteiger partial charge >= 0.3 is 0 Å². The zero-order valence-electron chi connectivity index (χ0n) is 15.6. The average Bonchev–Trinajstić information content (AvgIpc) is 2.69. The van der Waals surface area contributed by atoms with Gasteiger partial charge in [-0.05, 0) is 31.7 Å². The van der Waals surface area contributed by atoms with Crippen LogP contribution in [0.1, 0.15) is 64.2 Å². The van der Waals surface area contributed by atoms with E-state index in [1.165, 1.54) is 50.7 Å². The lowest BCUT2D eigenvalue weighted by Crippen LogP contribution is -2.27. The number of anilines is 2. The van der Waals surface area contributed by atoms with E-state index in [1.807, 2.05) is 0 Å². The van der Waals surface area contributed by atoms with Crippen LogP contribution in [0.3, 0.4) is 0 Å². The summed E-state index contributed by atoms with van der Waals surface area (Å²) in [7, 11) is 0. The monoisotopic (exact) mass is 369 g/mol. The van der Waals surface area contributed by atoms with E-state index in [0.29, 0.717) is 23.1 Å². The number of non-ortho nitro benzene ring substituents is 1. The van der Waals surface area contributed by atoms with E-state index in [-0.39, 0.29) is 10.6 Å². The summed E-state index contributed by atoms with van der Waals surface area (Å²) in [6.07, 6.45) is 12.1. The quantitative estimate of drug-likeness (QED) is 0.567. The molecule has 2 aliphatic carbocycles. The molecular formula is C20H27N5O2. The van der Waals surface area contributed by atoms with E-state index < -0.39 is 0 Å². The van der Waals surface area contributed by atoms with Crippen molar-refractivity contribution < 1.29 is 4.92 Å². The van der Waals surface area contributed by atoms with Crippen LogP contribution in [0.5, 0.6) is 0 Å². The molecule has 0 atom stereocenters. The van der Waals surface area contributed by atoms with Gasteiger partial charge in [0.2, 0.25) is 0 Å². The third-order valence-corrected chi connectivity index (χ3v) is 5.75. The second kappa shape index (κ2) is 8.06. The molecule has 27 heavy (non-hydrogen) atoms. The third kappa shape index (κ3) is 4.28. The molecule has 1 aromatic heterocycles. The Hall–Kier alpha value is -2.44. The minimum Gasteiger partial charge on any atom is -0.364 e. The highest BCUT2D eigenvalue weighted by Gasteiger charge is 2.20. The van der Waals surface area contributed by atoms with E-state index in [1.54, 1.807) is 6.07 Å². The Morgan fingerprint density at radius 2 is 1.33 bits per heavy atom. The summed E-state index contributed by atoms with van der Waals surface area (Å²) in [6, 6.07) is 5.53. The standard InChI is InChI=1S/C20H27N5O2/c26-25(27)16-11-12-17-18(13-16)24-20(22-15-9-5-2-6-10-15)19(23-17)21-14-7-3-1-4-8-14/h11-15H,1-10H2,(H,21,23)(H,22,24). The molecule has 2 saturated carbocycles. The van der Waals surface area contributed by atoms with Gasteiger partial charge in [0.1, 0.15) is 0 Å². The fourth-order valence-electron chi connectivity index (χ4n) is 4.24. The van der Waals surface area contributed by atoms with E-state index in [9.17, 15) is 10.1 Å². The maximum Gasteiger partial charge on any atom is 0.271 e. The first-order valence-electron chi connectivity index (χ1n) is 10.2. The lowest BCUT2D eigenvalue weighted by molar-refractivity contribution is -0.384. The number of fused-ring (bicyclic) bond motifs is 1. The Balaban J connectivity index is 1.66. The van der Waals surface area contributed by atoms with Gasteiger partial charge in [-0.3, -0.25) is 10.1 Å². The van der Waals surface area contributed by atoms with Crippen molar-refractivity contribution in [1.82, 2.24) is 9.97 Å². The summed E-state index contributed by atoms with van der Waals surface area (Å²) < 4.78 is 0. The van der Waals surface area contributed by atoms with Gasteiger partial charge in [0, 0.05) is 24.2 Å². The minimum absolute atomic E-state index is 0.0495. The Morgan fingerprint density at radius 1 is 0.815 bits per heavy atom. The lowest BCUT2D eigenvalue weighted by atomic mass is 9.95. The molecular weight excluding hydrogens is 342 g/mol. The van der Waals surface area contributed by atoms with Crippen LogP contribution in [0, 0.1) is 10.1 Å². The van der Waals surface area contributed by atoms with Crippen molar-refractivity contribution >= 4 is 28.4 Å². The molecule has 2 aliphatic rings. The lowest BCUT2D eigenvalue weighted by Gasteiger charge is -2.27. The molecule has 2 fully saturated rings. The number of benzene rings is 1. The second-order valence-electron chi connectivity index (χ2n) is 7.81. The van der Waals surface area contributed by atoms with Crippen molar-refractivity contribution in [3.05, 3.63) is 28.3 Å². The van der Waals surface area contributed by atoms with Crippen LogP contribution in [0.25, 0.3) is 11.0 Å². The van der Waals surface area contributed by atoms with E-state index in [0.717, 1.165) is 37.3 Å². The van der Waals surface area contributed by atoms with Crippen LogP contribution in [0.2, 0.25) is 0 Å². The molecule has 7 heteroatoms. The van der Waals surface area contributed by atoms with Crippen molar-refractivity contribution in [2.75, 3.05) is 10.6 Å². The van der Waals surface area contributed by atoms with Gasteiger partial charge in [-0.2, -0.15) is 0 Å². The number of aromatic nitrogens is 2. The molecule has 7 nitrogen and oxygen atoms in total. The van der Waals surface area contributed by atoms with Gasteiger partial charge in [-0.25, -0.2) is 9.97 Å². The number of nitro groups is 1. The van der Waals surface area contributed by atoms with Gasteiger partial charge in [-0.15, -0.1) is 0 Å². The highest BCUT2D eigenvalue weighted by atomic mass is 16.6. The molecule has 1 aromatic carbocycles. The number of hydrogen-bond donors (Lipinski definition) is 2. The minimum atomic E-state index is -0.385. The zero-order valence-corrected chi connectivity index (χ0v) is 15.6. The average molecular weight is 369 g/mol. The number of nitro benzene ring substituents is 1. The Bertz CT molecular complexity index is 813. The SMILES string of the molecule is O=[N+]([O-])c1ccc2nc(NC3CCCCC3)c(NC3CCCCC3)nc2c1. The van der Waals surface area contributed by atoms with Crippen molar-refractivity contribution in [3.8, 4) is 0 Å². The Morgan fingerprint density at radius 3 is 1.85 bits per heavy atom. The van der Waals surface area contributed by atoms with E-state index in [2.05, 4.69) is 10.6 Å². The van der Waals surface area contributed by atoms with E-state index in [4.69, 9.17) is 9.97 Å². The maximum atomic E-state index is 11.1. The number of nitrogens with one attached hydrogen (secondary N) is 2. The molecule has 0 bridgehead atoms. The highest BCUT2D eigenvalue weighted by Crippen LogP contribution is 2.30. The Labute approximate surface area is 159 Å². The molecule has 1 heterocycles. The van der Waals surface area contributed by atoms with Crippen molar-refractivity contribution in [2.24, 2.45) is 0 Å². The molecule has 144 valence electrons. The Kier molecular flexibility index (Phi) is 5.36. The van der Waals surface area contributed by atoms with Gasteiger partial charge in [-0.1, -0.05) is 38.5 Å². The molecule has 2 aromatic rings. The number of rotatable bonds is 5. The molecule has 0 aliphatic heterocycles. The predicted octanol–water partition coefficient (Wildman–Crippen LogP) is 5.03. The summed E-state index contributed by atoms with van der Waals surface area (Å²) in [6.45, 7) is 0. The topological polar surface area (TPSA) is 93.0 Å². The zero-order chi connectivity index (χ0) is 18.6. The summed E-state index contributed by atoms with van der Waals surface area (Å²) in [5.41, 5.74) is 1.30. The van der Waals surface area contributed by atoms with Gasteiger partial charge in [0.25, 0.3) is 5.69 Å². The highest BCUT2D eigenvalue weighted by molar-refractivity contribution is 5.82. The molecule has 0 spiro atoms. The summed E-state index contributed by atoms with van der Waals surface area (Å²) in [5.74, 6) is 1.52. The fraction of sp³-hybridized carbons (Fsp3) is 0.600. The third-order valence-electron chi connectivity index (χ3n) is 5.75. The smallest absolute Gasteiger partial charge is 0.271 e. The van der Waals surface area contributed by atoms with Crippen LogP contribution in [-0.2, 0) is 0 Å². The maximum absolute atomic E-state index is 11.1. The summed E-state index contributed by atoms with van der Waals surface area (Å²) in [5, 5.41) is 18.3. The molecule has 0 amide bonds. The first-order valence-corrected chi connectivity index (χ1v) is 10.2. The van der Waals surface area contributed by atoms with Gasteiger partial charge in [0.15, 0.2) is 11.6 Å². The molecule has 0 saturated heterocycles. The fourth-order valence-corrected chi connectivity index (χ4v) is 4.24. The van der Waals surface area contributed by atoms with Crippen LogP contribution >= 0.6 is 0 Å². The van der Waals surface area contributed by atoms with Crippen LogP contribution in [0.4, 0.5) is 17.3 Å². The summed E-state index contributed by atoms with van der Waals surface area (Å²) >= 11 is 0. The van der Waals surface area contributed by atoms with Gasteiger partial charge in [0.05, 0.1) is 16.0 Å². The van der Waals surface area contributed by atoms with Crippen LogP contribution in [-0.4, -0.2) is 27.0 Å². The van der Waals surface area contributed by atoms with Crippen LogP contribution in [0.15, 0.2) is 18.2 Å². The van der Waals surface area contributed by atoms with E-state index >= 15 is 0 Å².